The van der Waals surface area contributed by atoms with Gasteiger partial charge in [-0.05, 0) is 35.1 Å². The summed E-state index contributed by atoms with van der Waals surface area (Å²) in [6.07, 6.45) is 1.72. The lowest BCUT2D eigenvalue weighted by Gasteiger charge is -2.20. The van der Waals surface area contributed by atoms with E-state index in [9.17, 15) is 4.79 Å². The van der Waals surface area contributed by atoms with Crippen molar-refractivity contribution in [3.05, 3.63) is 41.5 Å². The van der Waals surface area contributed by atoms with E-state index in [1.807, 2.05) is 12.1 Å². The number of benzene rings is 1. The van der Waals surface area contributed by atoms with Gasteiger partial charge in [-0.3, -0.25) is 4.79 Å². The van der Waals surface area contributed by atoms with Crippen LogP contribution < -0.4 is 10.5 Å². The Morgan fingerprint density at radius 2 is 1.74 bits per heavy atom. The molecule has 0 aliphatic heterocycles. The molecule has 0 aliphatic rings. The van der Waals surface area contributed by atoms with E-state index in [1.54, 1.807) is 6.08 Å². The van der Waals surface area contributed by atoms with Crippen molar-refractivity contribution in [2.45, 2.75) is 39.5 Å². The van der Waals surface area contributed by atoms with E-state index in [1.165, 1.54) is 0 Å². The Labute approximate surface area is 115 Å². The predicted octanol–water partition coefficient (Wildman–Crippen LogP) is 3.60. The van der Waals surface area contributed by atoms with E-state index < -0.39 is 5.91 Å². The zero-order valence-electron chi connectivity index (χ0n) is 12.2. The Kier molecular flexibility index (Phi) is 5.16. The molecule has 0 saturated heterocycles. The van der Waals surface area contributed by atoms with Crippen LogP contribution in [0, 0.1) is 0 Å². The standard InChI is InChI=1S/C16H23NO2/c1-6-7-19-15-13(10(2)3)8-12(16(17)18)9-14(15)11(4)5/h6,8-11H,1,7H2,2-5H3,(H2,17,18). The molecule has 0 saturated carbocycles. The first kappa shape index (κ1) is 15.3. The molecule has 0 aromatic heterocycles. The highest BCUT2D eigenvalue weighted by Crippen LogP contribution is 2.35. The largest absolute Gasteiger partial charge is 0.489 e. The average Bonchev–Trinajstić information content (AvgIpc) is 2.34. The van der Waals surface area contributed by atoms with Gasteiger partial charge < -0.3 is 10.5 Å². The van der Waals surface area contributed by atoms with Gasteiger partial charge in [-0.25, -0.2) is 0 Å². The minimum Gasteiger partial charge on any atom is -0.489 e. The molecule has 0 unspecified atom stereocenters. The smallest absolute Gasteiger partial charge is 0.248 e. The lowest BCUT2D eigenvalue weighted by Crippen LogP contribution is -2.14. The van der Waals surface area contributed by atoms with Crippen molar-refractivity contribution < 1.29 is 9.53 Å². The number of carbonyl (C=O) groups excluding carboxylic acids is 1. The van der Waals surface area contributed by atoms with Gasteiger partial charge in [0, 0.05) is 5.56 Å². The second-order valence-corrected chi connectivity index (χ2v) is 5.26. The first-order valence-electron chi connectivity index (χ1n) is 6.59. The van der Waals surface area contributed by atoms with Crippen LogP contribution in [0.4, 0.5) is 0 Å². The Hall–Kier alpha value is -1.77. The molecule has 0 heterocycles. The summed E-state index contributed by atoms with van der Waals surface area (Å²) in [5.74, 6) is 0.974. The van der Waals surface area contributed by atoms with E-state index >= 15 is 0 Å². The van der Waals surface area contributed by atoms with Crippen LogP contribution in [-0.4, -0.2) is 12.5 Å². The number of rotatable bonds is 6. The predicted molar refractivity (Wildman–Crippen MR) is 78.8 cm³/mol. The molecule has 1 rings (SSSR count). The molecular formula is C16H23NO2. The first-order valence-corrected chi connectivity index (χ1v) is 6.59. The van der Waals surface area contributed by atoms with Crippen LogP contribution in [0.3, 0.4) is 0 Å². The lowest BCUT2D eigenvalue weighted by atomic mass is 9.91. The van der Waals surface area contributed by atoms with Crippen LogP contribution >= 0.6 is 0 Å². The summed E-state index contributed by atoms with van der Waals surface area (Å²) in [6, 6.07) is 3.66. The maximum Gasteiger partial charge on any atom is 0.248 e. The Bertz CT molecular complexity index is 447. The molecule has 3 nitrogen and oxygen atoms in total. The minimum absolute atomic E-state index is 0.261. The molecule has 0 bridgehead atoms. The van der Waals surface area contributed by atoms with Crippen LogP contribution in [0.15, 0.2) is 24.8 Å². The van der Waals surface area contributed by atoms with E-state index in [0.29, 0.717) is 12.2 Å². The summed E-state index contributed by atoms with van der Waals surface area (Å²) in [6.45, 7) is 12.4. The molecule has 2 N–H and O–H groups in total. The van der Waals surface area contributed by atoms with Crippen LogP contribution in [0.25, 0.3) is 0 Å². The molecule has 1 amide bonds. The highest BCUT2D eigenvalue weighted by atomic mass is 16.5. The summed E-state index contributed by atoms with van der Waals surface area (Å²) < 4.78 is 5.80. The number of primary amides is 1. The first-order chi connectivity index (χ1) is 8.88. The fraction of sp³-hybridized carbons (Fsp3) is 0.438. The molecule has 0 atom stereocenters. The molecule has 104 valence electrons. The highest BCUT2D eigenvalue weighted by molar-refractivity contribution is 5.93. The number of hydrogen-bond acceptors (Lipinski definition) is 2. The van der Waals surface area contributed by atoms with E-state index in [4.69, 9.17) is 10.5 Å². The minimum atomic E-state index is -0.404. The summed E-state index contributed by atoms with van der Waals surface area (Å²) >= 11 is 0. The lowest BCUT2D eigenvalue weighted by molar-refractivity contribution is 0.1000. The van der Waals surface area contributed by atoms with Crippen LogP contribution in [0.1, 0.15) is 61.0 Å². The third-order valence-electron chi connectivity index (χ3n) is 3.02. The maximum atomic E-state index is 11.4. The van der Waals surface area contributed by atoms with Gasteiger partial charge in [-0.15, -0.1) is 0 Å². The second-order valence-electron chi connectivity index (χ2n) is 5.26. The van der Waals surface area contributed by atoms with Crippen molar-refractivity contribution in [2.24, 2.45) is 5.73 Å². The summed E-state index contributed by atoms with van der Waals surface area (Å²) in [5.41, 5.74) is 7.98. The number of nitrogens with two attached hydrogens (primary N) is 1. The van der Waals surface area contributed by atoms with Crippen molar-refractivity contribution in [3.63, 3.8) is 0 Å². The molecule has 0 radical (unpaired) electrons. The van der Waals surface area contributed by atoms with E-state index in [-0.39, 0.29) is 11.8 Å². The fourth-order valence-corrected chi connectivity index (χ4v) is 1.98. The van der Waals surface area contributed by atoms with Crippen LogP contribution in [0.5, 0.6) is 5.75 Å². The van der Waals surface area contributed by atoms with Crippen molar-refractivity contribution >= 4 is 5.91 Å². The monoisotopic (exact) mass is 261 g/mol. The van der Waals surface area contributed by atoms with E-state index in [0.717, 1.165) is 16.9 Å². The third kappa shape index (κ3) is 3.60. The van der Waals surface area contributed by atoms with Gasteiger partial charge in [0.25, 0.3) is 0 Å². The Morgan fingerprint density at radius 3 is 2.05 bits per heavy atom. The molecule has 3 heteroatoms. The highest BCUT2D eigenvalue weighted by Gasteiger charge is 2.18. The molecule has 19 heavy (non-hydrogen) atoms. The molecule has 1 aromatic carbocycles. The molecular weight excluding hydrogens is 238 g/mol. The van der Waals surface area contributed by atoms with Crippen molar-refractivity contribution in [1.82, 2.24) is 0 Å². The summed E-state index contributed by atoms with van der Waals surface area (Å²) in [5, 5.41) is 0. The molecule has 0 fully saturated rings. The molecule has 0 aliphatic carbocycles. The quantitative estimate of drug-likeness (QED) is 0.795. The number of ether oxygens (including phenoxy) is 1. The Balaban J connectivity index is 3.45. The fourth-order valence-electron chi connectivity index (χ4n) is 1.98. The zero-order chi connectivity index (χ0) is 14.6. The van der Waals surface area contributed by atoms with Gasteiger partial charge in [-0.1, -0.05) is 40.3 Å². The zero-order valence-corrected chi connectivity index (χ0v) is 12.2. The second kappa shape index (κ2) is 6.41. The van der Waals surface area contributed by atoms with Crippen molar-refractivity contribution in [3.8, 4) is 5.75 Å². The summed E-state index contributed by atoms with van der Waals surface area (Å²) in [4.78, 5) is 11.4. The topological polar surface area (TPSA) is 52.3 Å². The number of carbonyl (C=O) groups is 1. The van der Waals surface area contributed by atoms with E-state index in [2.05, 4.69) is 34.3 Å². The average molecular weight is 261 g/mol. The van der Waals surface area contributed by atoms with Gasteiger partial charge in [0.15, 0.2) is 0 Å². The molecule has 1 aromatic rings. The number of amides is 1. The molecule has 0 spiro atoms. The van der Waals surface area contributed by atoms with Crippen molar-refractivity contribution in [2.75, 3.05) is 6.61 Å². The SMILES string of the molecule is C=CCOc1c(C(C)C)cc(C(N)=O)cc1C(C)C. The Morgan fingerprint density at radius 1 is 1.26 bits per heavy atom. The third-order valence-corrected chi connectivity index (χ3v) is 3.02. The van der Waals surface area contributed by atoms with Crippen LogP contribution in [0.2, 0.25) is 0 Å². The maximum absolute atomic E-state index is 11.4. The van der Waals surface area contributed by atoms with Crippen LogP contribution in [-0.2, 0) is 0 Å². The normalized spacial score (nSPS) is 10.8. The van der Waals surface area contributed by atoms with Gasteiger partial charge in [0.1, 0.15) is 12.4 Å². The van der Waals surface area contributed by atoms with Gasteiger partial charge in [-0.2, -0.15) is 0 Å². The van der Waals surface area contributed by atoms with Crippen molar-refractivity contribution in [1.29, 1.82) is 0 Å². The van der Waals surface area contributed by atoms with Gasteiger partial charge >= 0.3 is 0 Å². The van der Waals surface area contributed by atoms with Gasteiger partial charge in [0.2, 0.25) is 5.91 Å². The number of hydrogen-bond donors (Lipinski definition) is 1. The summed E-state index contributed by atoms with van der Waals surface area (Å²) in [7, 11) is 0. The van der Waals surface area contributed by atoms with Gasteiger partial charge in [0.05, 0.1) is 0 Å².